The second-order valence-electron chi connectivity index (χ2n) is 4.16. The first kappa shape index (κ1) is 15.3. The number of aryl methyl sites for hydroxylation is 1. The third kappa shape index (κ3) is 3.32. The maximum Gasteiger partial charge on any atom is 0.258 e. The molecule has 0 aliphatic heterocycles. The minimum absolute atomic E-state index is 0.124. The van der Waals surface area contributed by atoms with E-state index in [1.807, 2.05) is 6.92 Å². The van der Waals surface area contributed by atoms with Gasteiger partial charge in [0.05, 0.1) is 11.3 Å². The van der Waals surface area contributed by atoms with Gasteiger partial charge in [0.2, 0.25) is 0 Å². The van der Waals surface area contributed by atoms with Gasteiger partial charge in [-0.2, -0.15) is 0 Å². The molecule has 2 rings (SSSR count). The van der Waals surface area contributed by atoms with Crippen LogP contribution in [0.4, 0.5) is 10.1 Å². The lowest BCUT2D eigenvalue weighted by molar-refractivity contribution is 0.102. The molecule has 0 saturated heterocycles. The molecule has 6 heteroatoms. The summed E-state index contributed by atoms with van der Waals surface area (Å²) in [6, 6.07) is 7.17. The first-order valence-corrected chi connectivity index (χ1v) is 7.15. The van der Waals surface area contributed by atoms with Crippen LogP contribution in [0.1, 0.15) is 15.9 Å². The zero-order chi connectivity index (χ0) is 14.9. The summed E-state index contributed by atoms with van der Waals surface area (Å²) >= 11 is 15.1. The first-order chi connectivity index (χ1) is 9.38. The summed E-state index contributed by atoms with van der Waals surface area (Å²) in [4.78, 5) is 12.1. The Morgan fingerprint density at radius 3 is 2.65 bits per heavy atom. The molecular formula is C14H9BrCl2FNO. The minimum Gasteiger partial charge on any atom is -0.321 e. The standard InChI is InChI=1S/C14H9BrCl2FNO/c1-7-4-10(15)13(6-11(7)17)19-14(20)9-5-8(16)2-3-12(9)18/h2-6H,1H3,(H,19,20). The molecule has 1 N–H and O–H groups in total. The Morgan fingerprint density at radius 2 is 1.95 bits per heavy atom. The van der Waals surface area contributed by atoms with Crippen molar-refractivity contribution in [3.05, 3.63) is 61.8 Å². The number of rotatable bonds is 2. The van der Waals surface area contributed by atoms with Gasteiger partial charge in [0.25, 0.3) is 5.91 Å². The first-order valence-electron chi connectivity index (χ1n) is 5.60. The van der Waals surface area contributed by atoms with Crippen molar-refractivity contribution in [3.8, 4) is 0 Å². The quantitative estimate of drug-likeness (QED) is 0.741. The Hall–Kier alpha value is -1.10. The van der Waals surface area contributed by atoms with Crippen LogP contribution in [-0.2, 0) is 0 Å². The van der Waals surface area contributed by atoms with E-state index in [4.69, 9.17) is 23.2 Å². The average Bonchev–Trinajstić information content (AvgIpc) is 2.38. The summed E-state index contributed by atoms with van der Waals surface area (Å²) in [7, 11) is 0. The summed E-state index contributed by atoms with van der Waals surface area (Å²) in [5.74, 6) is -1.23. The topological polar surface area (TPSA) is 29.1 Å². The van der Waals surface area contributed by atoms with Crippen molar-refractivity contribution in [1.82, 2.24) is 0 Å². The molecule has 0 aliphatic carbocycles. The van der Waals surface area contributed by atoms with Crippen molar-refractivity contribution in [2.75, 3.05) is 5.32 Å². The van der Waals surface area contributed by atoms with E-state index in [0.717, 1.165) is 11.6 Å². The minimum atomic E-state index is -0.638. The summed E-state index contributed by atoms with van der Waals surface area (Å²) < 4.78 is 14.3. The van der Waals surface area contributed by atoms with E-state index >= 15 is 0 Å². The van der Waals surface area contributed by atoms with Crippen LogP contribution in [0.2, 0.25) is 10.0 Å². The Bertz CT molecular complexity index is 691. The van der Waals surface area contributed by atoms with Gasteiger partial charge in [0.15, 0.2) is 0 Å². The number of hydrogen-bond donors (Lipinski definition) is 1. The van der Waals surface area contributed by atoms with E-state index in [0.29, 0.717) is 15.2 Å². The summed E-state index contributed by atoms with van der Waals surface area (Å²) in [6.45, 7) is 1.84. The number of amides is 1. The number of hydrogen-bond acceptors (Lipinski definition) is 1. The van der Waals surface area contributed by atoms with Gasteiger partial charge in [0.1, 0.15) is 5.82 Å². The van der Waals surface area contributed by atoms with Crippen molar-refractivity contribution in [2.24, 2.45) is 0 Å². The van der Waals surface area contributed by atoms with E-state index in [2.05, 4.69) is 21.2 Å². The van der Waals surface area contributed by atoms with E-state index < -0.39 is 11.7 Å². The maximum absolute atomic E-state index is 13.6. The molecule has 0 unspecified atom stereocenters. The number of carbonyl (C=O) groups excluding carboxylic acids is 1. The van der Waals surface area contributed by atoms with Gasteiger partial charge in [-0.05, 0) is 58.7 Å². The molecule has 2 aromatic rings. The third-order valence-electron chi connectivity index (χ3n) is 2.67. The van der Waals surface area contributed by atoms with Gasteiger partial charge < -0.3 is 5.32 Å². The molecule has 0 bridgehead atoms. The largest absolute Gasteiger partial charge is 0.321 e. The van der Waals surface area contributed by atoms with Crippen LogP contribution in [-0.4, -0.2) is 5.91 Å². The molecule has 0 saturated carbocycles. The fourth-order valence-corrected chi connectivity index (χ4v) is 2.50. The van der Waals surface area contributed by atoms with Gasteiger partial charge in [-0.1, -0.05) is 23.2 Å². The number of halogens is 4. The van der Waals surface area contributed by atoms with Gasteiger partial charge in [-0.3, -0.25) is 4.79 Å². The monoisotopic (exact) mass is 375 g/mol. The molecular weight excluding hydrogens is 368 g/mol. The smallest absolute Gasteiger partial charge is 0.258 e. The van der Waals surface area contributed by atoms with Crippen molar-refractivity contribution in [2.45, 2.75) is 6.92 Å². The van der Waals surface area contributed by atoms with E-state index in [-0.39, 0.29) is 10.6 Å². The fourth-order valence-electron chi connectivity index (χ4n) is 1.60. The zero-order valence-corrected chi connectivity index (χ0v) is 13.4. The lowest BCUT2D eigenvalue weighted by atomic mass is 10.2. The van der Waals surface area contributed by atoms with Crippen molar-refractivity contribution < 1.29 is 9.18 Å². The highest BCUT2D eigenvalue weighted by molar-refractivity contribution is 9.10. The van der Waals surface area contributed by atoms with Crippen LogP contribution in [0.15, 0.2) is 34.8 Å². The van der Waals surface area contributed by atoms with Crippen molar-refractivity contribution in [3.63, 3.8) is 0 Å². The SMILES string of the molecule is Cc1cc(Br)c(NC(=O)c2cc(Cl)ccc2F)cc1Cl. The van der Waals surface area contributed by atoms with E-state index in [1.54, 1.807) is 12.1 Å². The van der Waals surface area contributed by atoms with Crippen LogP contribution >= 0.6 is 39.1 Å². The molecule has 1 amide bonds. The lowest BCUT2D eigenvalue weighted by Crippen LogP contribution is -2.14. The number of carbonyl (C=O) groups is 1. The highest BCUT2D eigenvalue weighted by atomic mass is 79.9. The number of nitrogens with one attached hydrogen (secondary N) is 1. The highest BCUT2D eigenvalue weighted by Crippen LogP contribution is 2.29. The molecule has 0 atom stereocenters. The number of benzene rings is 2. The highest BCUT2D eigenvalue weighted by Gasteiger charge is 2.14. The van der Waals surface area contributed by atoms with Crippen molar-refractivity contribution in [1.29, 1.82) is 0 Å². The molecule has 20 heavy (non-hydrogen) atoms. The molecule has 0 fully saturated rings. The van der Waals surface area contributed by atoms with Crippen LogP contribution < -0.4 is 5.32 Å². The molecule has 0 aliphatic rings. The molecule has 104 valence electrons. The average molecular weight is 377 g/mol. The maximum atomic E-state index is 13.6. The molecule has 2 nitrogen and oxygen atoms in total. The van der Waals surface area contributed by atoms with Crippen LogP contribution in [0.5, 0.6) is 0 Å². The second kappa shape index (κ2) is 6.12. The molecule has 2 aromatic carbocycles. The van der Waals surface area contributed by atoms with Crippen LogP contribution in [0, 0.1) is 12.7 Å². The van der Waals surface area contributed by atoms with E-state index in [1.165, 1.54) is 12.1 Å². The zero-order valence-electron chi connectivity index (χ0n) is 10.3. The Morgan fingerprint density at radius 1 is 1.25 bits per heavy atom. The van der Waals surface area contributed by atoms with Gasteiger partial charge in [0, 0.05) is 14.5 Å². The Balaban J connectivity index is 2.32. The normalized spacial score (nSPS) is 10.4. The molecule has 0 radical (unpaired) electrons. The Labute approximate surface area is 134 Å². The predicted molar refractivity (Wildman–Crippen MR) is 83.3 cm³/mol. The second-order valence-corrected chi connectivity index (χ2v) is 5.86. The summed E-state index contributed by atoms with van der Waals surface area (Å²) in [6.07, 6.45) is 0. The van der Waals surface area contributed by atoms with E-state index in [9.17, 15) is 9.18 Å². The summed E-state index contributed by atoms with van der Waals surface area (Å²) in [5, 5.41) is 3.39. The fraction of sp³-hybridized carbons (Fsp3) is 0.0714. The molecule has 0 aromatic heterocycles. The van der Waals surface area contributed by atoms with Gasteiger partial charge >= 0.3 is 0 Å². The molecule has 0 heterocycles. The molecule has 0 spiro atoms. The van der Waals surface area contributed by atoms with Crippen LogP contribution in [0.3, 0.4) is 0 Å². The number of anilines is 1. The van der Waals surface area contributed by atoms with Crippen LogP contribution in [0.25, 0.3) is 0 Å². The van der Waals surface area contributed by atoms with Crippen molar-refractivity contribution >= 4 is 50.7 Å². The van der Waals surface area contributed by atoms with Gasteiger partial charge in [-0.15, -0.1) is 0 Å². The summed E-state index contributed by atoms with van der Waals surface area (Å²) in [5.41, 5.74) is 1.21. The predicted octanol–water partition coefficient (Wildman–Crippen LogP) is 5.46. The lowest BCUT2D eigenvalue weighted by Gasteiger charge is -2.10. The third-order valence-corrected chi connectivity index (χ3v) is 3.97. The Kier molecular flexibility index (Phi) is 4.68. The van der Waals surface area contributed by atoms with Gasteiger partial charge in [-0.25, -0.2) is 4.39 Å².